The van der Waals surface area contributed by atoms with Crippen LogP contribution in [-0.2, 0) is 17.7 Å². The van der Waals surface area contributed by atoms with Gasteiger partial charge in [0.05, 0.1) is 29.7 Å². The van der Waals surface area contributed by atoms with Crippen LogP contribution in [0.5, 0.6) is 11.6 Å². The zero-order chi connectivity index (χ0) is 24.6. The van der Waals surface area contributed by atoms with Crippen LogP contribution in [0.15, 0.2) is 60.7 Å². The van der Waals surface area contributed by atoms with Crippen LogP contribution in [0.2, 0.25) is 0 Å². The normalized spacial score (nSPS) is 14.6. The number of aliphatic hydroxyl groups excluding tert-OH is 1. The van der Waals surface area contributed by atoms with Gasteiger partial charge in [-0.15, -0.1) is 0 Å². The molecule has 0 spiro atoms. The van der Waals surface area contributed by atoms with Crippen molar-refractivity contribution in [1.82, 2.24) is 14.7 Å². The molecule has 1 fully saturated rings. The maximum atomic E-state index is 10.7. The van der Waals surface area contributed by atoms with E-state index < -0.39 is 6.10 Å². The average Bonchev–Trinajstić information content (AvgIpc) is 3.61. The van der Waals surface area contributed by atoms with Gasteiger partial charge < -0.3 is 14.6 Å². The molecule has 3 aromatic rings. The number of aromatic nitrogens is 2. The monoisotopic (exact) mass is 477 g/mol. The van der Waals surface area contributed by atoms with Crippen molar-refractivity contribution in [2.75, 3.05) is 26.3 Å². The molecule has 1 heterocycles. The van der Waals surface area contributed by atoms with Gasteiger partial charge in [-0.1, -0.05) is 57.2 Å². The number of nitrogens with zero attached hydrogens (tertiary/aromatic N) is 3. The third-order valence-corrected chi connectivity index (χ3v) is 6.14. The van der Waals surface area contributed by atoms with Crippen molar-refractivity contribution in [2.45, 2.75) is 52.7 Å². The number of hydrogen-bond donors (Lipinski definition) is 1. The maximum Gasteiger partial charge on any atom is 0.227 e. The molecule has 188 valence electrons. The number of para-hydroxylation sites is 2. The molecule has 2 aromatic carbocycles. The van der Waals surface area contributed by atoms with Crippen molar-refractivity contribution < 1.29 is 14.6 Å². The SMILES string of the molecule is CCc1nn(-c2ccccc2)c(Oc2ccccc2)c1CN(CC(O)COCC(C)C)CC1CC1. The molecule has 0 amide bonds. The topological polar surface area (TPSA) is 59.8 Å². The predicted octanol–water partition coefficient (Wildman–Crippen LogP) is 5.47. The molecule has 0 radical (unpaired) electrons. The number of hydrogen-bond acceptors (Lipinski definition) is 5. The second kappa shape index (κ2) is 12.3. The first-order valence-electron chi connectivity index (χ1n) is 12.9. The summed E-state index contributed by atoms with van der Waals surface area (Å²) in [7, 11) is 0. The Balaban J connectivity index is 1.62. The second-order valence-electron chi connectivity index (χ2n) is 9.97. The highest BCUT2D eigenvalue weighted by atomic mass is 16.5. The summed E-state index contributed by atoms with van der Waals surface area (Å²) in [5, 5.41) is 15.7. The highest BCUT2D eigenvalue weighted by molar-refractivity contribution is 5.43. The van der Waals surface area contributed by atoms with Crippen molar-refractivity contribution in [3.63, 3.8) is 0 Å². The van der Waals surface area contributed by atoms with E-state index in [0.29, 0.717) is 38.1 Å². The zero-order valence-electron chi connectivity index (χ0n) is 21.3. The van der Waals surface area contributed by atoms with E-state index in [9.17, 15) is 5.11 Å². The second-order valence-corrected chi connectivity index (χ2v) is 9.97. The Morgan fingerprint density at radius 3 is 2.34 bits per heavy atom. The van der Waals surface area contributed by atoms with Crippen LogP contribution in [0.3, 0.4) is 0 Å². The minimum absolute atomic E-state index is 0.358. The molecular weight excluding hydrogens is 438 g/mol. The van der Waals surface area contributed by atoms with E-state index in [2.05, 4.69) is 25.7 Å². The van der Waals surface area contributed by atoms with Crippen molar-refractivity contribution in [1.29, 1.82) is 0 Å². The minimum Gasteiger partial charge on any atom is -0.439 e. The molecule has 1 N–H and O–H groups in total. The van der Waals surface area contributed by atoms with E-state index in [-0.39, 0.29) is 0 Å². The zero-order valence-corrected chi connectivity index (χ0v) is 21.3. The molecule has 0 bridgehead atoms. The fraction of sp³-hybridized carbons (Fsp3) is 0.483. The van der Waals surface area contributed by atoms with Gasteiger partial charge in [-0.3, -0.25) is 4.90 Å². The largest absolute Gasteiger partial charge is 0.439 e. The quantitative estimate of drug-likeness (QED) is 0.334. The first-order valence-corrected chi connectivity index (χ1v) is 12.9. The summed E-state index contributed by atoms with van der Waals surface area (Å²) in [5.41, 5.74) is 3.07. The van der Waals surface area contributed by atoms with E-state index in [4.69, 9.17) is 14.6 Å². The van der Waals surface area contributed by atoms with Crippen LogP contribution in [0.1, 0.15) is 44.9 Å². The Bertz CT molecular complexity index is 1030. The Morgan fingerprint density at radius 1 is 1.03 bits per heavy atom. The molecule has 1 aliphatic rings. The summed E-state index contributed by atoms with van der Waals surface area (Å²) in [4.78, 5) is 2.35. The molecule has 1 aromatic heterocycles. The highest BCUT2D eigenvalue weighted by Gasteiger charge is 2.28. The number of rotatable bonds is 14. The number of aliphatic hydroxyl groups is 1. The van der Waals surface area contributed by atoms with Crippen LogP contribution in [0.4, 0.5) is 0 Å². The fourth-order valence-corrected chi connectivity index (χ4v) is 4.25. The van der Waals surface area contributed by atoms with Crippen LogP contribution < -0.4 is 4.74 Å². The number of ether oxygens (including phenoxy) is 2. The summed E-state index contributed by atoms with van der Waals surface area (Å²) in [6.07, 6.45) is 2.79. The summed E-state index contributed by atoms with van der Waals surface area (Å²) >= 11 is 0. The third-order valence-electron chi connectivity index (χ3n) is 6.14. The molecule has 1 unspecified atom stereocenters. The molecule has 6 nitrogen and oxygen atoms in total. The Kier molecular flexibility index (Phi) is 8.96. The smallest absolute Gasteiger partial charge is 0.227 e. The summed E-state index contributed by atoms with van der Waals surface area (Å²) in [6.45, 7) is 9.61. The van der Waals surface area contributed by atoms with Crippen molar-refractivity contribution in [3.05, 3.63) is 71.9 Å². The Hall–Kier alpha value is -2.67. The number of aryl methyl sites for hydroxylation is 1. The Labute approximate surface area is 209 Å². The lowest BCUT2D eigenvalue weighted by molar-refractivity contribution is 0.00608. The average molecular weight is 478 g/mol. The molecule has 0 aliphatic heterocycles. The fourth-order valence-electron chi connectivity index (χ4n) is 4.25. The first-order chi connectivity index (χ1) is 17.0. The van der Waals surface area contributed by atoms with Gasteiger partial charge in [-0.2, -0.15) is 5.10 Å². The summed E-state index contributed by atoms with van der Waals surface area (Å²) in [5.74, 6) is 2.68. The van der Waals surface area contributed by atoms with Gasteiger partial charge >= 0.3 is 0 Å². The lowest BCUT2D eigenvalue weighted by Gasteiger charge is -2.26. The molecule has 0 saturated heterocycles. The summed E-state index contributed by atoms with van der Waals surface area (Å²) < 4.78 is 14.1. The first kappa shape index (κ1) is 25.4. The molecule has 35 heavy (non-hydrogen) atoms. The standard InChI is InChI=1S/C29H39N3O3/c1-4-28-27(19-31(17-23-15-16-23)18-25(33)21-34-20-22(2)3)29(35-26-13-9-6-10-14-26)32(30-28)24-11-7-5-8-12-24/h5-14,22-23,25,33H,4,15-21H2,1-3H3. The third kappa shape index (κ3) is 7.40. The molecule has 1 atom stereocenters. The van der Waals surface area contributed by atoms with E-state index >= 15 is 0 Å². The van der Waals surface area contributed by atoms with Gasteiger partial charge in [0, 0.05) is 26.2 Å². The van der Waals surface area contributed by atoms with Crippen LogP contribution >= 0.6 is 0 Å². The van der Waals surface area contributed by atoms with Gasteiger partial charge in [0.25, 0.3) is 0 Å². The predicted molar refractivity (Wildman–Crippen MR) is 139 cm³/mol. The lowest BCUT2D eigenvalue weighted by atomic mass is 10.1. The molecule has 4 rings (SSSR count). The van der Waals surface area contributed by atoms with Crippen molar-refractivity contribution >= 4 is 0 Å². The number of benzene rings is 2. The van der Waals surface area contributed by atoms with Crippen molar-refractivity contribution in [3.8, 4) is 17.3 Å². The lowest BCUT2D eigenvalue weighted by Crippen LogP contribution is -2.36. The van der Waals surface area contributed by atoms with Crippen molar-refractivity contribution in [2.24, 2.45) is 11.8 Å². The van der Waals surface area contributed by atoms with E-state index in [0.717, 1.165) is 41.5 Å². The summed E-state index contributed by atoms with van der Waals surface area (Å²) in [6, 6.07) is 20.0. The van der Waals surface area contributed by atoms with Gasteiger partial charge in [0.1, 0.15) is 5.75 Å². The maximum absolute atomic E-state index is 10.7. The molecule has 1 saturated carbocycles. The van der Waals surface area contributed by atoms with Gasteiger partial charge in [-0.05, 0) is 55.4 Å². The van der Waals surface area contributed by atoms with Gasteiger partial charge in [-0.25, -0.2) is 4.68 Å². The van der Waals surface area contributed by atoms with Gasteiger partial charge in [0.2, 0.25) is 5.88 Å². The van der Waals surface area contributed by atoms with Crippen LogP contribution in [0, 0.1) is 11.8 Å². The van der Waals surface area contributed by atoms with E-state index in [1.165, 1.54) is 12.8 Å². The van der Waals surface area contributed by atoms with Gasteiger partial charge in [0.15, 0.2) is 0 Å². The van der Waals surface area contributed by atoms with Crippen LogP contribution in [-0.4, -0.2) is 52.2 Å². The highest BCUT2D eigenvalue weighted by Crippen LogP contribution is 2.34. The van der Waals surface area contributed by atoms with E-state index in [1.807, 2.05) is 65.3 Å². The Morgan fingerprint density at radius 2 is 1.71 bits per heavy atom. The van der Waals surface area contributed by atoms with Crippen LogP contribution in [0.25, 0.3) is 5.69 Å². The molecule has 6 heteroatoms. The molecular formula is C29H39N3O3. The molecule has 1 aliphatic carbocycles. The van der Waals surface area contributed by atoms with E-state index in [1.54, 1.807) is 0 Å². The minimum atomic E-state index is -0.528.